The van der Waals surface area contributed by atoms with Crippen LogP contribution in [0.5, 0.6) is 0 Å². The number of nitrogen functional groups attached to an aromatic ring is 1. The van der Waals surface area contributed by atoms with Crippen LogP contribution in [0.15, 0.2) is 24.3 Å². The lowest BCUT2D eigenvalue weighted by Gasteiger charge is -2.00. The summed E-state index contributed by atoms with van der Waals surface area (Å²) in [7, 11) is 1.99. The standard InChI is InChI=1S/C7H7NO.C6H15N/c8-7-3-1-2-6(4-7)5-9;1-6(2)4-5-7-3/h1-5H,8H2;6-7H,4-5H2,1-3H3. The van der Waals surface area contributed by atoms with Crippen molar-refractivity contribution in [3.63, 3.8) is 0 Å². The molecule has 1 rings (SSSR count). The molecule has 0 heterocycles. The van der Waals surface area contributed by atoms with E-state index in [0.717, 1.165) is 18.7 Å². The largest absolute Gasteiger partial charge is 0.399 e. The Labute approximate surface area is 98.0 Å². The molecule has 0 aromatic heterocycles. The first-order valence-electron chi connectivity index (χ1n) is 5.55. The number of rotatable bonds is 4. The predicted molar refractivity (Wildman–Crippen MR) is 69.6 cm³/mol. The van der Waals surface area contributed by atoms with Crippen molar-refractivity contribution in [3.05, 3.63) is 29.8 Å². The summed E-state index contributed by atoms with van der Waals surface area (Å²) < 4.78 is 0. The summed E-state index contributed by atoms with van der Waals surface area (Å²) in [5.74, 6) is 0.840. The van der Waals surface area contributed by atoms with Crippen molar-refractivity contribution < 1.29 is 4.79 Å². The number of hydrogen-bond acceptors (Lipinski definition) is 3. The molecule has 3 N–H and O–H groups in total. The van der Waals surface area contributed by atoms with E-state index in [1.54, 1.807) is 24.3 Å². The molecule has 0 unspecified atom stereocenters. The Bertz CT molecular complexity index is 298. The minimum atomic E-state index is 0.620. The van der Waals surface area contributed by atoms with E-state index >= 15 is 0 Å². The molecule has 0 saturated heterocycles. The van der Waals surface area contributed by atoms with E-state index < -0.39 is 0 Å². The van der Waals surface area contributed by atoms with Crippen molar-refractivity contribution >= 4 is 12.0 Å². The molecule has 1 aromatic carbocycles. The van der Waals surface area contributed by atoms with Crippen molar-refractivity contribution in [2.45, 2.75) is 20.3 Å². The molecule has 0 saturated carbocycles. The van der Waals surface area contributed by atoms with Crippen LogP contribution in [-0.4, -0.2) is 19.9 Å². The topological polar surface area (TPSA) is 55.1 Å². The third-order valence-corrected chi connectivity index (χ3v) is 2.02. The maximum atomic E-state index is 10.1. The number of nitrogens with two attached hydrogens (primary N) is 1. The normalized spacial score (nSPS) is 9.50. The fraction of sp³-hybridized carbons (Fsp3) is 0.462. The molecule has 0 spiro atoms. The number of benzene rings is 1. The van der Waals surface area contributed by atoms with Gasteiger partial charge in [-0.25, -0.2) is 0 Å². The number of anilines is 1. The summed E-state index contributed by atoms with van der Waals surface area (Å²) >= 11 is 0. The molecule has 16 heavy (non-hydrogen) atoms. The van der Waals surface area contributed by atoms with Gasteiger partial charge in [-0.2, -0.15) is 0 Å². The molecule has 3 nitrogen and oxygen atoms in total. The highest BCUT2D eigenvalue weighted by Gasteiger charge is 1.88. The number of carbonyl (C=O) groups is 1. The molecular weight excluding hydrogens is 200 g/mol. The van der Waals surface area contributed by atoms with Gasteiger partial charge >= 0.3 is 0 Å². The maximum Gasteiger partial charge on any atom is 0.150 e. The van der Waals surface area contributed by atoms with Crippen molar-refractivity contribution in [1.29, 1.82) is 0 Å². The molecule has 90 valence electrons. The van der Waals surface area contributed by atoms with Crippen molar-refractivity contribution in [2.24, 2.45) is 5.92 Å². The number of nitrogens with one attached hydrogen (secondary N) is 1. The molecule has 0 radical (unpaired) electrons. The van der Waals surface area contributed by atoms with Gasteiger partial charge in [-0.15, -0.1) is 0 Å². The van der Waals surface area contributed by atoms with Crippen LogP contribution in [0.1, 0.15) is 30.6 Å². The summed E-state index contributed by atoms with van der Waals surface area (Å²) in [6.07, 6.45) is 2.06. The van der Waals surface area contributed by atoms with Gasteiger partial charge in [0.15, 0.2) is 0 Å². The van der Waals surface area contributed by atoms with E-state index in [1.165, 1.54) is 6.42 Å². The average molecular weight is 222 g/mol. The molecule has 0 aliphatic rings. The first-order valence-corrected chi connectivity index (χ1v) is 5.55. The summed E-state index contributed by atoms with van der Waals surface area (Å²) in [6, 6.07) is 6.84. The fourth-order valence-corrected chi connectivity index (χ4v) is 1.07. The summed E-state index contributed by atoms with van der Waals surface area (Å²) in [5, 5.41) is 3.10. The van der Waals surface area contributed by atoms with Crippen molar-refractivity contribution in [2.75, 3.05) is 19.3 Å². The number of aldehydes is 1. The molecular formula is C13H22N2O. The number of hydrogen-bond donors (Lipinski definition) is 2. The van der Waals surface area contributed by atoms with Gasteiger partial charge in [0.25, 0.3) is 0 Å². The Hall–Kier alpha value is -1.35. The van der Waals surface area contributed by atoms with E-state index in [2.05, 4.69) is 19.2 Å². The summed E-state index contributed by atoms with van der Waals surface area (Å²) in [4.78, 5) is 10.1. The van der Waals surface area contributed by atoms with Crippen LogP contribution in [0.3, 0.4) is 0 Å². The molecule has 0 fully saturated rings. The SMILES string of the molecule is CNCCC(C)C.Nc1cccc(C=O)c1. The van der Waals surface area contributed by atoms with Crippen LogP contribution in [0, 0.1) is 5.92 Å². The van der Waals surface area contributed by atoms with E-state index in [4.69, 9.17) is 5.73 Å². The van der Waals surface area contributed by atoms with Crippen molar-refractivity contribution in [1.82, 2.24) is 5.32 Å². The Morgan fingerprint density at radius 1 is 1.44 bits per heavy atom. The lowest BCUT2D eigenvalue weighted by atomic mass is 10.1. The lowest BCUT2D eigenvalue weighted by molar-refractivity contribution is 0.112. The first-order chi connectivity index (χ1) is 7.60. The quantitative estimate of drug-likeness (QED) is 0.607. The Balaban J connectivity index is 0.000000293. The highest BCUT2D eigenvalue weighted by atomic mass is 16.1. The van der Waals surface area contributed by atoms with Gasteiger partial charge in [-0.05, 0) is 38.1 Å². The molecule has 0 atom stereocenters. The summed E-state index contributed by atoms with van der Waals surface area (Å²) in [5.41, 5.74) is 6.62. The number of carbonyl (C=O) groups excluding carboxylic acids is 1. The summed E-state index contributed by atoms with van der Waals surface area (Å²) in [6.45, 7) is 5.62. The highest BCUT2D eigenvalue weighted by Crippen LogP contribution is 2.02. The Morgan fingerprint density at radius 2 is 2.12 bits per heavy atom. The van der Waals surface area contributed by atoms with Gasteiger partial charge in [0, 0.05) is 11.3 Å². The van der Waals surface area contributed by atoms with Crippen molar-refractivity contribution in [3.8, 4) is 0 Å². The van der Waals surface area contributed by atoms with E-state index in [0.29, 0.717) is 11.3 Å². The molecule has 3 heteroatoms. The van der Waals surface area contributed by atoms with Crippen LogP contribution in [0.25, 0.3) is 0 Å². The molecule has 0 amide bonds. The van der Waals surface area contributed by atoms with Gasteiger partial charge in [-0.1, -0.05) is 26.0 Å². The monoisotopic (exact) mass is 222 g/mol. The Morgan fingerprint density at radius 3 is 2.44 bits per heavy atom. The molecule has 1 aromatic rings. The molecule has 0 aliphatic heterocycles. The van der Waals surface area contributed by atoms with Gasteiger partial charge in [-0.3, -0.25) is 4.79 Å². The third kappa shape index (κ3) is 8.00. The van der Waals surface area contributed by atoms with Crippen LogP contribution < -0.4 is 11.1 Å². The van der Waals surface area contributed by atoms with Crippen LogP contribution in [-0.2, 0) is 0 Å². The van der Waals surface area contributed by atoms with Crippen LogP contribution in [0.2, 0.25) is 0 Å². The fourth-order valence-electron chi connectivity index (χ4n) is 1.07. The Kier molecular flexibility index (Phi) is 8.17. The first kappa shape index (κ1) is 14.6. The zero-order chi connectivity index (χ0) is 12.4. The smallest absolute Gasteiger partial charge is 0.150 e. The van der Waals surface area contributed by atoms with Gasteiger partial charge in [0.1, 0.15) is 6.29 Å². The predicted octanol–water partition coefficient (Wildman–Crippen LogP) is 2.33. The second kappa shape index (κ2) is 8.92. The second-order valence-electron chi connectivity index (χ2n) is 4.07. The van der Waals surface area contributed by atoms with E-state index in [1.807, 2.05) is 7.05 Å². The molecule has 0 aliphatic carbocycles. The second-order valence-corrected chi connectivity index (χ2v) is 4.07. The van der Waals surface area contributed by atoms with Gasteiger partial charge in [0.2, 0.25) is 0 Å². The van der Waals surface area contributed by atoms with E-state index in [9.17, 15) is 4.79 Å². The maximum absolute atomic E-state index is 10.1. The molecule has 0 bridgehead atoms. The van der Waals surface area contributed by atoms with Crippen LogP contribution in [0.4, 0.5) is 5.69 Å². The lowest BCUT2D eigenvalue weighted by Crippen LogP contribution is -2.09. The van der Waals surface area contributed by atoms with E-state index in [-0.39, 0.29) is 0 Å². The highest BCUT2D eigenvalue weighted by molar-refractivity contribution is 5.76. The average Bonchev–Trinajstić information content (AvgIpc) is 2.27. The van der Waals surface area contributed by atoms with Gasteiger partial charge < -0.3 is 11.1 Å². The minimum absolute atomic E-state index is 0.620. The van der Waals surface area contributed by atoms with Gasteiger partial charge in [0.05, 0.1) is 0 Å². The third-order valence-electron chi connectivity index (χ3n) is 2.02. The zero-order valence-electron chi connectivity index (χ0n) is 10.4. The zero-order valence-corrected chi connectivity index (χ0v) is 10.4. The van der Waals surface area contributed by atoms with Crippen LogP contribution >= 0.6 is 0 Å². The minimum Gasteiger partial charge on any atom is -0.399 e.